The van der Waals surface area contributed by atoms with E-state index in [1.54, 1.807) is 12.3 Å². The lowest BCUT2D eigenvalue weighted by atomic mass is 9.94. The number of rotatable bonds is 6. The highest BCUT2D eigenvalue weighted by Gasteiger charge is 2.52. The molecule has 0 amide bonds. The minimum atomic E-state index is -0.279. The summed E-state index contributed by atoms with van der Waals surface area (Å²) >= 11 is 5.94. The molecule has 0 aliphatic carbocycles. The molecular formula is C24H29ClN6O2. The molecule has 2 aromatic rings. The van der Waals surface area contributed by atoms with Crippen LogP contribution in [0, 0.1) is 17.0 Å². The van der Waals surface area contributed by atoms with Gasteiger partial charge in [0.05, 0.1) is 10.6 Å². The van der Waals surface area contributed by atoms with Crippen LogP contribution in [0.5, 0.6) is 0 Å². The SMILES string of the molecule is CCc1cccc(C)c1NN1C2CCCC1N1CCN(Cc3ccc(Cl)nc3)C1=C2[N+](=O)[O-]. The summed E-state index contributed by atoms with van der Waals surface area (Å²) in [5.41, 5.74) is 8.40. The van der Waals surface area contributed by atoms with Gasteiger partial charge in [0.25, 0.3) is 0 Å². The standard InChI is InChI=1S/C24H29ClN6O2/c1-3-18-7-4-6-16(2)22(18)27-30-19-8-5-9-21(30)29-13-12-28(24(29)23(19)31(32)33)15-17-10-11-20(25)26-14-17/h4,6-7,10-11,14,19,21,27H,3,5,8-9,12-13,15H2,1-2H3. The van der Waals surface area contributed by atoms with Gasteiger partial charge in [0.15, 0.2) is 5.82 Å². The molecule has 9 heteroatoms. The van der Waals surface area contributed by atoms with Crippen molar-refractivity contribution in [2.45, 2.75) is 58.3 Å². The number of nitro groups is 1. The lowest BCUT2D eigenvalue weighted by molar-refractivity contribution is -0.440. The molecule has 4 heterocycles. The van der Waals surface area contributed by atoms with Gasteiger partial charge in [0.1, 0.15) is 17.4 Å². The van der Waals surface area contributed by atoms with E-state index in [2.05, 4.69) is 57.3 Å². The number of aromatic nitrogens is 1. The Kier molecular flexibility index (Phi) is 5.88. The molecule has 1 aromatic heterocycles. The van der Waals surface area contributed by atoms with Crippen LogP contribution in [0.2, 0.25) is 5.15 Å². The lowest BCUT2D eigenvalue weighted by Gasteiger charge is -2.49. The number of piperidine rings is 1. The summed E-state index contributed by atoms with van der Waals surface area (Å²) in [5.74, 6) is 0.767. The maximum Gasteiger partial charge on any atom is 0.305 e. The molecule has 2 saturated heterocycles. The van der Waals surface area contributed by atoms with Gasteiger partial charge in [-0.15, -0.1) is 0 Å². The van der Waals surface area contributed by atoms with Crippen molar-refractivity contribution < 1.29 is 4.92 Å². The second-order valence-electron chi connectivity index (χ2n) is 8.98. The number of hydrogen-bond donors (Lipinski definition) is 1. The van der Waals surface area contributed by atoms with Gasteiger partial charge in [-0.2, -0.15) is 5.01 Å². The van der Waals surface area contributed by atoms with Crippen LogP contribution in [-0.2, 0) is 13.0 Å². The molecule has 5 rings (SSSR count). The van der Waals surface area contributed by atoms with Crippen LogP contribution in [-0.4, -0.2) is 50.0 Å². The second kappa shape index (κ2) is 8.83. The zero-order valence-corrected chi connectivity index (χ0v) is 19.8. The van der Waals surface area contributed by atoms with Crippen molar-refractivity contribution in [3.63, 3.8) is 0 Å². The fourth-order valence-electron chi connectivity index (χ4n) is 5.47. The third kappa shape index (κ3) is 3.91. The predicted octanol–water partition coefficient (Wildman–Crippen LogP) is 4.39. The van der Waals surface area contributed by atoms with Crippen molar-refractivity contribution in [1.82, 2.24) is 19.8 Å². The molecule has 0 radical (unpaired) electrons. The molecule has 3 aliphatic rings. The van der Waals surface area contributed by atoms with Gasteiger partial charge in [0.2, 0.25) is 0 Å². The van der Waals surface area contributed by atoms with Crippen LogP contribution in [0.25, 0.3) is 0 Å². The Balaban J connectivity index is 1.52. The van der Waals surface area contributed by atoms with E-state index in [1.807, 2.05) is 6.07 Å². The number of nitrogens with one attached hydrogen (secondary N) is 1. The largest absolute Gasteiger partial charge is 0.347 e. The maximum atomic E-state index is 12.4. The number of aryl methyl sites for hydroxylation is 2. The zero-order chi connectivity index (χ0) is 23.1. The summed E-state index contributed by atoms with van der Waals surface area (Å²) < 4.78 is 0. The number of para-hydroxylation sites is 1. The molecule has 0 spiro atoms. The molecular weight excluding hydrogens is 440 g/mol. The van der Waals surface area contributed by atoms with E-state index in [1.165, 1.54) is 5.56 Å². The van der Waals surface area contributed by atoms with Gasteiger partial charge in [-0.1, -0.05) is 42.8 Å². The smallest absolute Gasteiger partial charge is 0.305 e. The Bertz CT molecular complexity index is 1090. The van der Waals surface area contributed by atoms with Crippen LogP contribution in [0.15, 0.2) is 48.0 Å². The number of hydrazine groups is 1. The number of nitrogens with zero attached hydrogens (tertiary/aromatic N) is 5. The first-order valence-electron chi connectivity index (χ1n) is 11.6. The van der Waals surface area contributed by atoms with Gasteiger partial charge in [-0.3, -0.25) is 10.1 Å². The minimum absolute atomic E-state index is 0.0834. The van der Waals surface area contributed by atoms with E-state index in [-0.39, 0.29) is 17.1 Å². The topological polar surface area (TPSA) is 77.8 Å². The van der Waals surface area contributed by atoms with Crippen LogP contribution in [0.1, 0.15) is 42.9 Å². The summed E-state index contributed by atoms with van der Waals surface area (Å²) in [5, 5.41) is 15.0. The summed E-state index contributed by atoms with van der Waals surface area (Å²) in [6.07, 6.45) is 5.45. The maximum absolute atomic E-state index is 12.4. The van der Waals surface area contributed by atoms with Gasteiger partial charge < -0.3 is 15.2 Å². The number of benzene rings is 1. The number of hydrogen-bond acceptors (Lipinski definition) is 7. The van der Waals surface area contributed by atoms with E-state index < -0.39 is 0 Å². The highest BCUT2D eigenvalue weighted by Crippen LogP contribution is 2.42. The van der Waals surface area contributed by atoms with E-state index in [0.29, 0.717) is 17.4 Å². The van der Waals surface area contributed by atoms with E-state index in [0.717, 1.165) is 61.4 Å². The molecule has 2 bridgehead atoms. The molecule has 2 atom stereocenters. The fraction of sp³-hybridized carbons (Fsp3) is 0.458. The molecule has 33 heavy (non-hydrogen) atoms. The van der Waals surface area contributed by atoms with Gasteiger partial charge in [-0.05, 0) is 55.4 Å². The van der Waals surface area contributed by atoms with Crippen molar-refractivity contribution >= 4 is 17.3 Å². The molecule has 1 aromatic carbocycles. The molecule has 174 valence electrons. The fourth-order valence-corrected chi connectivity index (χ4v) is 5.58. The monoisotopic (exact) mass is 468 g/mol. The Labute approximate surface area is 199 Å². The van der Waals surface area contributed by atoms with Gasteiger partial charge in [0, 0.05) is 25.8 Å². The molecule has 2 unspecified atom stereocenters. The molecule has 2 fully saturated rings. The molecule has 0 saturated carbocycles. The van der Waals surface area contributed by atoms with Crippen LogP contribution < -0.4 is 5.43 Å². The number of anilines is 1. The average molecular weight is 469 g/mol. The Morgan fingerprint density at radius 2 is 2.09 bits per heavy atom. The Morgan fingerprint density at radius 1 is 1.24 bits per heavy atom. The first kappa shape index (κ1) is 22.0. The van der Waals surface area contributed by atoms with Crippen molar-refractivity contribution in [3.8, 4) is 0 Å². The van der Waals surface area contributed by atoms with Crippen LogP contribution >= 0.6 is 11.6 Å². The van der Waals surface area contributed by atoms with Gasteiger partial charge >= 0.3 is 5.70 Å². The van der Waals surface area contributed by atoms with Crippen LogP contribution in [0.4, 0.5) is 5.69 Å². The Hall–Kier alpha value is -2.84. The predicted molar refractivity (Wildman–Crippen MR) is 128 cm³/mol. The van der Waals surface area contributed by atoms with Crippen molar-refractivity contribution in [1.29, 1.82) is 0 Å². The minimum Gasteiger partial charge on any atom is -0.347 e. The third-order valence-electron chi connectivity index (χ3n) is 7.02. The van der Waals surface area contributed by atoms with E-state index in [4.69, 9.17) is 11.6 Å². The number of halogens is 1. The molecule has 3 aliphatic heterocycles. The van der Waals surface area contributed by atoms with Crippen molar-refractivity contribution in [2.24, 2.45) is 0 Å². The van der Waals surface area contributed by atoms with Crippen molar-refractivity contribution in [3.05, 3.63) is 80.0 Å². The quantitative estimate of drug-likeness (QED) is 0.382. The summed E-state index contributed by atoms with van der Waals surface area (Å²) in [4.78, 5) is 20.8. The van der Waals surface area contributed by atoms with Gasteiger partial charge in [-0.25, -0.2) is 4.98 Å². The highest BCUT2D eigenvalue weighted by atomic mass is 35.5. The second-order valence-corrected chi connectivity index (χ2v) is 9.37. The first-order valence-corrected chi connectivity index (χ1v) is 12.0. The third-order valence-corrected chi connectivity index (χ3v) is 7.25. The normalized spacial score (nSPS) is 22.5. The van der Waals surface area contributed by atoms with Crippen molar-refractivity contribution in [2.75, 3.05) is 18.5 Å². The lowest BCUT2D eigenvalue weighted by Crippen LogP contribution is -2.62. The average Bonchev–Trinajstić information content (AvgIpc) is 3.19. The molecule has 8 nitrogen and oxygen atoms in total. The summed E-state index contributed by atoms with van der Waals surface area (Å²) in [6.45, 7) is 6.32. The van der Waals surface area contributed by atoms with E-state index >= 15 is 0 Å². The Morgan fingerprint density at radius 3 is 2.82 bits per heavy atom. The number of fused-ring (bicyclic) bond motifs is 4. The molecule has 1 N–H and O–H groups in total. The zero-order valence-electron chi connectivity index (χ0n) is 19.0. The summed E-state index contributed by atoms with van der Waals surface area (Å²) in [7, 11) is 0. The highest BCUT2D eigenvalue weighted by molar-refractivity contribution is 6.29. The number of pyridine rings is 1. The first-order chi connectivity index (χ1) is 16.0. The summed E-state index contributed by atoms with van der Waals surface area (Å²) in [6, 6.07) is 9.71. The van der Waals surface area contributed by atoms with E-state index in [9.17, 15) is 10.1 Å². The van der Waals surface area contributed by atoms with Crippen LogP contribution in [0.3, 0.4) is 0 Å².